The van der Waals surface area contributed by atoms with Crippen molar-refractivity contribution < 1.29 is 27.4 Å². The van der Waals surface area contributed by atoms with Crippen molar-refractivity contribution in [3.63, 3.8) is 0 Å². The zero-order chi connectivity index (χ0) is 18.2. The molecule has 8 heteroatoms. The Bertz CT molecular complexity index is 795. The van der Waals surface area contributed by atoms with Gasteiger partial charge in [-0.05, 0) is 37.5 Å². The van der Waals surface area contributed by atoms with E-state index in [0.29, 0.717) is 18.5 Å². The average molecular weight is 354 g/mol. The van der Waals surface area contributed by atoms with Gasteiger partial charge in [-0.25, -0.2) is 4.68 Å². The Hall–Kier alpha value is -2.51. The Kier molecular flexibility index (Phi) is 4.22. The quantitative estimate of drug-likeness (QED) is 0.771. The van der Waals surface area contributed by atoms with Crippen LogP contribution >= 0.6 is 0 Å². The first-order valence-corrected chi connectivity index (χ1v) is 7.71. The summed E-state index contributed by atoms with van der Waals surface area (Å²) < 4.78 is 50.5. The van der Waals surface area contributed by atoms with Crippen LogP contribution in [-0.4, -0.2) is 29.5 Å². The second kappa shape index (κ2) is 6.09. The molecular formula is C17H17F3N2O3. The molecule has 1 fully saturated rings. The highest BCUT2D eigenvalue weighted by Crippen LogP contribution is 2.47. The molecule has 0 unspecified atom stereocenters. The molecule has 1 aromatic carbocycles. The summed E-state index contributed by atoms with van der Waals surface area (Å²) in [4.78, 5) is 11.8. The number of benzene rings is 1. The van der Waals surface area contributed by atoms with E-state index in [1.165, 1.54) is 7.11 Å². The molecule has 1 aromatic heterocycles. The average Bonchev–Trinajstić information content (AvgIpc) is 3.22. The Morgan fingerprint density at radius 1 is 1.32 bits per heavy atom. The number of alkyl halides is 3. The fraction of sp³-hybridized carbons (Fsp3) is 0.412. The zero-order valence-electron chi connectivity index (χ0n) is 13.8. The fourth-order valence-corrected chi connectivity index (χ4v) is 2.54. The molecular weight excluding hydrogens is 337 g/mol. The second-order valence-electron chi connectivity index (χ2n) is 6.18. The minimum Gasteiger partial charge on any atom is -0.476 e. The molecule has 2 aromatic rings. The van der Waals surface area contributed by atoms with Gasteiger partial charge in [0.1, 0.15) is 12.0 Å². The van der Waals surface area contributed by atoms with Crippen molar-refractivity contribution in [2.24, 2.45) is 5.41 Å². The smallest absolute Gasteiger partial charge is 0.435 e. The molecule has 1 aliphatic carbocycles. The Morgan fingerprint density at radius 3 is 2.60 bits per heavy atom. The van der Waals surface area contributed by atoms with Crippen LogP contribution in [0.2, 0.25) is 0 Å². The molecule has 0 atom stereocenters. The highest BCUT2D eigenvalue weighted by Gasteiger charge is 2.52. The molecule has 0 spiro atoms. The zero-order valence-corrected chi connectivity index (χ0v) is 13.8. The van der Waals surface area contributed by atoms with E-state index in [-0.39, 0.29) is 12.5 Å². The molecule has 0 amide bonds. The lowest BCUT2D eigenvalue weighted by molar-refractivity contribution is -0.148. The summed E-state index contributed by atoms with van der Waals surface area (Å²) in [7, 11) is 1.28. The molecule has 1 saturated carbocycles. The molecule has 25 heavy (non-hydrogen) atoms. The van der Waals surface area contributed by atoms with Gasteiger partial charge in [0.15, 0.2) is 5.69 Å². The van der Waals surface area contributed by atoms with Crippen molar-refractivity contribution in [3.05, 3.63) is 41.6 Å². The minimum atomic E-state index is -4.59. The predicted octanol–water partition coefficient (Wildman–Crippen LogP) is 3.53. The molecule has 134 valence electrons. The van der Waals surface area contributed by atoms with Crippen molar-refractivity contribution in [1.29, 1.82) is 0 Å². The van der Waals surface area contributed by atoms with Crippen molar-refractivity contribution in [3.8, 4) is 11.6 Å². The standard InChI is InChI=1S/C17H17F3N2O3/c1-11-4-3-5-12(8-11)22-14(9-13(21-22)17(18,19)20)25-10-16(6-7-16)15(23)24-2/h3-5,8-9H,6-7,10H2,1-2H3. The Balaban J connectivity index is 1.92. The van der Waals surface area contributed by atoms with Gasteiger partial charge in [-0.1, -0.05) is 12.1 Å². The number of nitrogens with zero attached hydrogens (tertiary/aromatic N) is 2. The molecule has 0 N–H and O–H groups in total. The third kappa shape index (κ3) is 3.47. The number of carbonyl (C=O) groups excluding carboxylic acids is 1. The number of hydrogen-bond acceptors (Lipinski definition) is 4. The van der Waals surface area contributed by atoms with Crippen LogP contribution in [0.5, 0.6) is 5.88 Å². The van der Waals surface area contributed by atoms with E-state index < -0.39 is 23.3 Å². The molecule has 0 saturated heterocycles. The van der Waals surface area contributed by atoms with Crippen molar-refractivity contribution >= 4 is 5.97 Å². The number of ether oxygens (including phenoxy) is 2. The van der Waals surface area contributed by atoms with Gasteiger partial charge in [0.05, 0.1) is 12.8 Å². The summed E-state index contributed by atoms with van der Waals surface area (Å²) in [5, 5.41) is 3.63. The summed E-state index contributed by atoms with van der Waals surface area (Å²) in [6.07, 6.45) is -3.42. The third-order valence-corrected chi connectivity index (χ3v) is 4.18. The van der Waals surface area contributed by atoms with Crippen molar-refractivity contribution in [2.45, 2.75) is 25.9 Å². The van der Waals surface area contributed by atoms with Gasteiger partial charge in [0.25, 0.3) is 0 Å². The van der Waals surface area contributed by atoms with Gasteiger partial charge in [0, 0.05) is 6.07 Å². The molecule has 5 nitrogen and oxygen atoms in total. The normalized spacial score (nSPS) is 15.7. The Morgan fingerprint density at radius 2 is 2.04 bits per heavy atom. The summed E-state index contributed by atoms with van der Waals surface area (Å²) in [5.41, 5.74) is -0.490. The number of esters is 1. The minimum absolute atomic E-state index is 0.0471. The maximum atomic E-state index is 13.0. The molecule has 1 aliphatic rings. The van der Waals surface area contributed by atoms with Crippen molar-refractivity contribution in [1.82, 2.24) is 9.78 Å². The van der Waals surface area contributed by atoms with E-state index in [2.05, 4.69) is 5.10 Å². The van der Waals surface area contributed by atoms with E-state index in [1.54, 1.807) is 18.2 Å². The fourth-order valence-electron chi connectivity index (χ4n) is 2.54. The van der Waals surface area contributed by atoms with E-state index in [4.69, 9.17) is 9.47 Å². The maximum Gasteiger partial charge on any atom is 0.435 e. The molecule has 0 radical (unpaired) electrons. The third-order valence-electron chi connectivity index (χ3n) is 4.18. The first-order valence-electron chi connectivity index (χ1n) is 7.71. The van der Waals surface area contributed by atoms with Gasteiger partial charge in [-0.15, -0.1) is 0 Å². The monoisotopic (exact) mass is 354 g/mol. The highest BCUT2D eigenvalue weighted by molar-refractivity contribution is 5.79. The number of halogens is 3. The van der Waals surface area contributed by atoms with Gasteiger partial charge < -0.3 is 9.47 Å². The lowest BCUT2D eigenvalue weighted by Crippen LogP contribution is -2.25. The SMILES string of the molecule is COC(=O)C1(COc2cc(C(F)(F)F)nn2-c2cccc(C)c2)CC1. The van der Waals surface area contributed by atoms with E-state index in [0.717, 1.165) is 16.3 Å². The van der Waals surface area contributed by atoms with Crippen LogP contribution in [0.1, 0.15) is 24.1 Å². The summed E-state index contributed by atoms with van der Waals surface area (Å²) >= 11 is 0. The number of hydrogen-bond donors (Lipinski definition) is 0. The largest absolute Gasteiger partial charge is 0.476 e. The Labute approximate surface area is 142 Å². The topological polar surface area (TPSA) is 53.4 Å². The number of aryl methyl sites for hydroxylation is 1. The van der Waals surface area contributed by atoms with Crippen LogP contribution < -0.4 is 4.74 Å². The number of rotatable bonds is 5. The summed E-state index contributed by atoms with van der Waals surface area (Å²) in [6.45, 7) is 1.78. The molecule has 0 aliphatic heterocycles. The first-order chi connectivity index (χ1) is 11.7. The highest BCUT2D eigenvalue weighted by atomic mass is 19.4. The summed E-state index contributed by atoms with van der Waals surface area (Å²) in [6, 6.07) is 7.73. The second-order valence-corrected chi connectivity index (χ2v) is 6.18. The number of methoxy groups -OCH3 is 1. The molecule has 0 bridgehead atoms. The van der Waals surface area contributed by atoms with Gasteiger partial charge in [0.2, 0.25) is 5.88 Å². The predicted molar refractivity (Wildman–Crippen MR) is 82.5 cm³/mol. The first kappa shape index (κ1) is 17.3. The van der Waals surface area contributed by atoms with Crippen LogP contribution in [-0.2, 0) is 15.7 Å². The van der Waals surface area contributed by atoms with Gasteiger partial charge in [-0.3, -0.25) is 4.79 Å². The van der Waals surface area contributed by atoms with Crippen LogP contribution in [0.25, 0.3) is 5.69 Å². The van der Waals surface area contributed by atoms with Crippen LogP contribution in [0.15, 0.2) is 30.3 Å². The number of carbonyl (C=O) groups is 1. The molecule has 3 rings (SSSR count). The van der Waals surface area contributed by atoms with E-state index >= 15 is 0 Å². The van der Waals surface area contributed by atoms with Gasteiger partial charge >= 0.3 is 12.1 Å². The summed E-state index contributed by atoms with van der Waals surface area (Å²) in [5.74, 6) is -0.474. The van der Waals surface area contributed by atoms with Crippen LogP contribution in [0, 0.1) is 12.3 Å². The van der Waals surface area contributed by atoms with E-state index in [9.17, 15) is 18.0 Å². The lowest BCUT2D eigenvalue weighted by atomic mass is 10.1. The number of aromatic nitrogens is 2. The lowest BCUT2D eigenvalue weighted by Gasteiger charge is -2.14. The van der Waals surface area contributed by atoms with Crippen LogP contribution in [0.3, 0.4) is 0 Å². The van der Waals surface area contributed by atoms with Crippen molar-refractivity contribution in [2.75, 3.05) is 13.7 Å². The molecule has 1 heterocycles. The van der Waals surface area contributed by atoms with Gasteiger partial charge in [-0.2, -0.15) is 18.3 Å². The van der Waals surface area contributed by atoms with Crippen LogP contribution in [0.4, 0.5) is 13.2 Å². The maximum absolute atomic E-state index is 13.0. The van der Waals surface area contributed by atoms with E-state index in [1.807, 2.05) is 13.0 Å².